The molecule has 7 nitrogen and oxygen atoms in total. The number of hydrogen-bond acceptors (Lipinski definition) is 6. The van der Waals surface area contributed by atoms with Crippen LogP contribution in [0.2, 0.25) is 5.02 Å². The van der Waals surface area contributed by atoms with Crippen LogP contribution in [0.3, 0.4) is 0 Å². The Kier molecular flexibility index (Phi) is 6.18. The number of amides is 1. The summed E-state index contributed by atoms with van der Waals surface area (Å²) in [5.74, 6) is 0.0772. The minimum atomic E-state index is -0.456. The fourth-order valence-electron chi connectivity index (χ4n) is 2.46. The summed E-state index contributed by atoms with van der Waals surface area (Å²) in [6.45, 7) is 0. The zero-order valence-corrected chi connectivity index (χ0v) is 15.7. The summed E-state index contributed by atoms with van der Waals surface area (Å²) >= 11 is 5.84. The number of anilines is 3. The van der Waals surface area contributed by atoms with Crippen LogP contribution in [0.4, 0.5) is 17.3 Å². The standard InChI is InChI=1S/C20H17ClN4O3/c1-28-20(27)15-4-2-3-5-16(15)22-17-10-11-18(25-24-17)23-19(26)12-13-6-8-14(21)9-7-13/h2-11H,12H2,1H3,(H,22,24)(H,23,25,26). The van der Waals surface area contributed by atoms with Gasteiger partial charge in [-0.15, -0.1) is 10.2 Å². The Morgan fingerprint density at radius 3 is 2.32 bits per heavy atom. The fraction of sp³-hybridized carbons (Fsp3) is 0.100. The van der Waals surface area contributed by atoms with E-state index >= 15 is 0 Å². The van der Waals surface area contributed by atoms with Crippen LogP contribution in [-0.4, -0.2) is 29.2 Å². The Morgan fingerprint density at radius 2 is 1.64 bits per heavy atom. The van der Waals surface area contributed by atoms with Gasteiger partial charge in [0.05, 0.1) is 24.8 Å². The fourth-order valence-corrected chi connectivity index (χ4v) is 2.58. The van der Waals surface area contributed by atoms with Gasteiger partial charge in [-0.25, -0.2) is 4.79 Å². The third-order valence-corrected chi connectivity index (χ3v) is 4.06. The van der Waals surface area contributed by atoms with E-state index < -0.39 is 5.97 Å². The van der Waals surface area contributed by atoms with Gasteiger partial charge in [-0.3, -0.25) is 4.79 Å². The minimum absolute atomic E-state index is 0.200. The number of benzene rings is 2. The second-order valence-corrected chi connectivity index (χ2v) is 6.25. The van der Waals surface area contributed by atoms with Crippen molar-refractivity contribution in [2.24, 2.45) is 0 Å². The van der Waals surface area contributed by atoms with Crippen LogP contribution < -0.4 is 10.6 Å². The minimum Gasteiger partial charge on any atom is -0.465 e. The Morgan fingerprint density at radius 1 is 0.964 bits per heavy atom. The molecular formula is C20H17ClN4O3. The van der Waals surface area contributed by atoms with Crippen molar-refractivity contribution in [2.75, 3.05) is 17.7 Å². The quantitative estimate of drug-likeness (QED) is 0.615. The lowest BCUT2D eigenvalue weighted by molar-refractivity contribution is -0.115. The predicted molar refractivity (Wildman–Crippen MR) is 107 cm³/mol. The van der Waals surface area contributed by atoms with Gasteiger partial charge in [-0.05, 0) is 42.0 Å². The summed E-state index contributed by atoms with van der Waals surface area (Å²) in [6.07, 6.45) is 0.200. The van der Waals surface area contributed by atoms with Gasteiger partial charge in [0.2, 0.25) is 5.91 Å². The SMILES string of the molecule is COC(=O)c1ccccc1Nc1ccc(NC(=O)Cc2ccc(Cl)cc2)nn1. The van der Waals surface area contributed by atoms with Crippen molar-refractivity contribution in [3.8, 4) is 0 Å². The van der Waals surface area contributed by atoms with E-state index in [-0.39, 0.29) is 12.3 Å². The zero-order valence-electron chi connectivity index (χ0n) is 15.0. The highest BCUT2D eigenvalue weighted by molar-refractivity contribution is 6.30. The largest absolute Gasteiger partial charge is 0.465 e. The molecule has 0 spiro atoms. The highest BCUT2D eigenvalue weighted by atomic mass is 35.5. The molecule has 3 rings (SSSR count). The average Bonchev–Trinajstić information content (AvgIpc) is 2.71. The second-order valence-electron chi connectivity index (χ2n) is 5.82. The summed E-state index contributed by atoms with van der Waals surface area (Å²) in [6, 6.07) is 17.2. The van der Waals surface area contributed by atoms with Crippen molar-refractivity contribution in [1.29, 1.82) is 0 Å². The molecule has 0 aliphatic rings. The molecule has 142 valence electrons. The van der Waals surface area contributed by atoms with E-state index in [9.17, 15) is 9.59 Å². The van der Waals surface area contributed by atoms with Crippen molar-refractivity contribution in [1.82, 2.24) is 10.2 Å². The van der Waals surface area contributed by atoms with E-state index in [0.717, 1.165) is 5.56 Å². The van der Waals surface area contributed by atoms with Crippen molar-refractivity contribution >= 4 is 40.8 Å². The third-order valence-electron chi connectivity index (χ3n) is 3.81. The van der Waals surface area contributed by atoms with Gasteiger partial charge >= 0.3 is 5.97 Å². The first-order valence-corrected chi connectivity index (χ1v) is 8.75. The highest BCUT2D eigenvalue weighted by Gasteiger charge is 2.12. The van der Waals surface area contributed by atoms with Crippen LogP contribution in [0, 0.1) is 0 Å². The first-order chi connectivity index (χ1) is 13.5. The number of para-hydroxylation sites is 1. The number of halogens is 1. The average molecular weight is 397 g/mol. The van der Waals surface area contributed by atoms with E-state index in [4.69, 9.17) is 16.3 Å². The molecule has 8 heteroatoms. The number of nitrogens with zero attached hydrogens (tertiary/aromatic N) is 2. The smallest absolute Gasteiger partial charge is 0.339 e. The molecule has 0 unspecified atom stereocenters. The van der Waals surface area contributed by atoms with Crippen LogP contribution in [0.5, 0.6) is 0 Å². The van der Waals surface area contributed by atoms with E-state index in [1.807, 2.05) is 0 Å². The third kappa shape index (κ3) is 5.05. The van der Waals surface area contributed by atoms with Crippen LogP contribution >= 0.6 is 11.6 Å². The van der Waals surface area contributed by atoms with Crippen LogP contribution in [-0.2, 0) is 16.0 Å². The number of carbonyl (C=O) groups is 2. The summed E-state index contributed by atoms with van der Waals surface area (Å²) in [5, 5.41) is 14.3. The first-order valence-electron chi connectivity index (χ1n) is 8.37. The second kappa shape index (κ2) is 8.96. The molecule has 0 aliphatic carbocycles. The number of carbonyl (C=O) groups excluding carboxylic acids is 2. The molecule has 0 saturated carbocycles. The molecule has 0 saturated heterocycles. The van der Waals surface area contributed by atoms with Crippen LogP contribution in [0.15, 0.2) is 60.7 Å². The summed E-state index contributed by atoms with van der Waals surface area (Å²) in [5.41, 5.74) is 1.77. The molecule has 1 heterocycles. The molecule has 0 atom stereocenters. The van der Waals surface area contributed by atoms with Gasteiger partial charge < -0.3 is 15.4 Å². The molecule has 2 aromatic carbocycles. The molecular weight excluding hydrogens is 380 g/mol. The van der Waals surface area contributed by atoms with Crippen molar-refractivity contribution in [2.45, 2.75) is 6.42 Å². The molecule has 3 aromatic rings. The molecule has 1 aromatic heterocycles. The maximum Gasteiger partial charge on any atom is 0.339 e. The molecule has 1 amide bonds. The highest BCUT2D eigenvalue weighted by Crippen LogP contribution is 2.20. The summed E-state index contributed by atoms with van der Waals surface area (Å²) in [7, 11) is 1.32. The number of esters is 1. The Hall–Kier alpha value is -3.45. The Labute approximate surface area is 166 Å². The topological polar surface area (TPSA) is 93.2 Å². The molecule has 2 N–H and O–H groups in total. The van der Waals surface area contributed by atoms with Gasteiger partial charge in [0.25, 0.3) is 0 Å². The molecule has 0 radical (unpaired) electrons. The van der Waals surface area contributed by atoms with Crippen molar-refractivity contribution in [3.05, 3.63) is 76.8 Å². The molecule has 0 fully saturated rings. The number of hydrogen-bond donors (Lipinski definition) is 2. The van der Waals surface area contributed by atoms with E-state index in [2.05, 4.69) is 20.8 Å². The van der Waals surface area contributed by atoms with Gasteiger partial charge in [0.15, 0.2) is 11.6 Å². The number of nitrogens with one attached hydrogen (secondary N) is 2. The van der Waals surface area contributed by atoms with Crippen LogP contribution in [0.1, 0.15) is 15.9 Å². The van der Waals surface area contributed by atoms with Gasteiger partial charge in [0, 0.05) is 5.02 Å². The normalized spacial score (nSPS) is 10.2. The number of aromatic nitrogens is 2. The van der Waals surface area contributed by atoms with Crippen molar-refractivity contribution < 1.29 is 14.3 Å². The van der Waals surface area contributed by atoms with Gasteiger partial charge in [-0.1, -0.05) is 35.9 Å². The monoisotopic (exact) mass is 396 g/mol. The van der Waals surface area contributed by atoms with E-state index in [0.29, 0.717) is 27.9 Å². The van der Waals surface area contributed by atoms with Crippen molar-refractivity contribution in [3.63, 3.8) is 0 Å². The molecule has 0 bridgehead atoms. The number of ether oxygens (including phenoxy) is 1. The summed E-state index contributed by atoms with van der Waals surface area (Å²) < 4.78 is 4.76. The predicted octanol–water partition coefficient (Wildman–Crippen LogP) is 3.84. The Balaban J connectivity index is 1.63. The zero-order chi connectivity index (χ0) is 19.9. The maximum absolute atomic E-state index is 12.1. The van der Waals surface area contributed by atoms with E-state index in [1.165, 1.54) is 7.11 Å². The number of rotatable bonds is 6. The van der Waals surface area contributed by atoms with Gasteiger partial charge in [0.1, 0.15) is 0 Å². The summed E-state index contributed by atoms with van der Waals surface area (Å²) in [4.78, 5) is 23.9. The van der Waals surface area contributed by atoms with E-state index in [1.54, 1.807) is 60.7 Å². The maximum atomic E-state index is 12.1. The molecule has 0 aliphatic heterocycles. The lowest BCUT2D eigenvalue weighted by Gasteiger charge is -2.10. The lowest BCUT2D eigenvalue weighted by Crippen LogP contribution is -2.15. The first kappa shape index (κ1) is 19.3. The Bertz CT molecular complexity index is 976. The number of methoxy groups -OCH3 is 1. The van der Waals surface area contributed by atoms with Crippen LogP contribution in [0.25, 0.3) is 0 Å². The van der Waals surface area contributed by atoms with Gasteiger partial charge in [-0.2, -0.15) is 0 Å². The molecule has 28 heavy (non-hydrogen) atoms. The lowest BCUT2D eigenvalue weighted by atomic mass is 10.1.